The zero-order valence-electron chi connectivity index (χ0n) is 15.6. The minimum absolute atomic E-state index is 0.155. The van der Waals surface area contributed by atoms with Crippen molar-refractivity contribution in [2.45, 2.75) is 51.1 Å². The minimum Gasteiger partial charge on any atom is -0.381 e. The number of carbonyl (C=O) groups is 1. The van der Waals surface area contributed by atoms with Crippen LogP contribution in [0.25, 0.3) is 0 Å². The Labute approximate surface area is 155 Å². The maximum Gasteiger partial charge on any atom is 0.227 e. The first-order valence-corrected chi connectivity index (χ1v) is 9.96. The first-order valence-electron chi connectivity index (χ1n) is 9.96. The number of amides is 1. The monoisotopic (exact) mass is 360 g/mol. The molecule has 2 atom stereocenters. The van der Waals surface area contributed by atoms with Gasteiger partial charge in [0.1, 0.15) is 5.82 Å². The smallest absolute Gasteiger partial charge is 0.227 e. The molecule has 1 aromatic rings. The highest BCUT2D eigenvalue weighted by molar-refractivity contribution is 5.79. The predicted molar refractivity (Wildman–Crippen MR) is 98.5 cm³/mol. The highest BCUT2D eigenvalue weighted by Gasteiger charge is 2.39. The van der Waals surface area contributed by atoms with Crippen molar-refractivity contribution in [3.05, 3.63) is 35.1 Å². The normalized spacial score (nSPS) is 27.5. The molecule has 4 heterocycles. The Morgan fingerprint density at radius 2 is 1.92 bits per heavy atom. The summed E-state index contributed by atoms with van der Waals surface area (Å²) < 4.78 is 19.1. The molecule has 0 radical (unpaired) electrons. The Bertz CT molecular complexity index is 659. The van der Waals surface area contributed by atoms with Gasteiger partial charge < -0.3 is 9.64 Å². The average Bonchev–Trinajstić information content (AvgIpc) is 2.97. The predicted octanol–water partition coefficient (Wildman–Crippen LogP) is 2.78. The van der Waals surface area contributed by atoms with Crippen molar-refractivity contribution in [1.82, 2.24) is 9.80 Å². The molecule has 4 fully saturated rings. The number of aryl methyl sites for hydroxylation is 1. The topological polar surface area (TPSA) is 32.8 Å². The molecule has 1 amide bonds. The van der Waals surface area contributed by atoms with E-state index in [0.29, 0.717) is 24.4 Å². The highest BCUT2D eigenvalue weighted by atomic mass is 19.1. The lowest BCUT2D eigenvalue weighted by molar-refractivity contribution is -0.134. The number of carbonyl (C=O) groups excluding carboxylic acids is 1. The molecule has 4 aliphatic heterocycles. The molecule has 142 valence electrons. The molecule has 0 unspecified atom stereocenters. The zero-order valence-corrected chi connectivity index (χ0v) is 15.6. The molecule has 1 aromatic carbocycles. The van der Waals surface area contributed by atoms with Crippen LogP contribution < -0.4 is 0 Å². The summed E-state index contributed by atoms with van der Waals surface area (Å²) in [5, 5.41) is 0. The van der Waals surface area contributed by atoms with E-state index in [-0.39, 0.29) is 11.7 Å². The summed E-state index contributed by atoms with van der Waals surface area (Å²) in [6.07, 6.45) is 4.83. The van der Waals surface area contributed by atoms with Crippen molar-refractivity contribution < 1.29 is 13.9 Å². The molecule has 4 aliphatic rings. The van der Waals surface area contributed by atoms with Crippen LogP contribution in [-0.4, -0.2) is 60.6 Å². The second kappa shape index (κ2) is 7.65. The fourth-order valence-corrected chi connectivity index (χ4v) is 4.87. The van der Waals surface area contributed by atoms with Gasteiger partial charge in [-0.2, -0.15) is 0 Å². The van der Waals surface area contributed by atoms with Crippen molar-refractivity contribution in [3.8, 4) is 0 Å². The number of hydrogen-bond acceptors (Lipinski definition) is 3. The number of fused-ring (bicyclic) bond motifs is 4. The largest absolute Gasteiger partial charge is 0.381 e. The molecule has 0 saturated carbocycles. The van der Waals surface area contributed by atoms with E-state index in [2.05, 4.69) is 9.80 Å². The molecule has 0 aliphatic carbocycles. The summed E-state index contributed by atoms with van der Waals surface area (Å²) >= 11 is 0. The quantitative estimate of drug-likeness (QED) is 0.831. The van der Waals surface area contributed by atoms with E-state index in [0.717, 1.165) is 63.2 Å². The molecule has 0 aromatic heterocycles. The number of benzene rings is 1. The Morgan fingerprint density at radius 1 is 1.12 bits per heavy atom. The number of rotatable bonds is 3. The Balaban J connectivity index is 1.45. The van der Waals surface area contributed by atoms with Crippen molar-refractivity contribution >= 4 is 5.91 Å². The number of hydrogen-bond donors (Lipinski definition) is 0. The molecule has 0 spiro atoms. The first-order chi connectivity index (χ1) is 12.6. The molecule has 26 heavy (non-hydrogen) atoms. The summed E-state index contributed by atoms with van der Waals surface area (Å²) in [6.45, 7) is 6.61. The number of piperidine rings is 1. The van der Waals surface area contributed by atoms with Crippen molar-refractivity contribution in [3.63, 3.8) is 0 Å². The van der Waals surface area contributed by atoms with Gasteiger partial charge >= 0.3 is 0 Å². The van der Waals surface area contributed by atoms with Crippen LogP contribution in [0.1, 0.15) is 36.8 Å². The van der Waals surface area contributed by atoms with Crippen LogP contribution in [0.3, 0.4) is 0 Å². The molecule has 4 saturated heterocycles. The van der Waals surface area contributed by atoms with Gasteiger partial charge in [-0.05, 0) is 61.8 Å². The Kier molecular flexibility index (Phi) is 5.28. The van der Waals surface area contributed by atoms with Crippen molar-refractivity contribution in [1.29, 1.82) is 0 Å². The lowest BCUT2D eigenvalue weighted by Gasteiger charge is -2.37. The van der Waals surface area contributed by atoms with E-state index in [9.17, 15) is 9.18 Å². The third-order valence-electron chi connectivity index (χ3n) is 6.42. The fraction of sp³-hybridized carbons (Fsp3) is 0.667. The summed E-state index contributed by atoms with van der Waals surface area (Å²) in [7, 11) is 0. The highest BCUT2D eigenvalue weighted by Crippen LogP contribution is 2.31. The first kappa shape index (κ1) is 17.9. The van der Waals surface area contributed by atoms with E-state index in [4.69, 9.17) is 4.74 Å². The van der Waals surface area contributed by atoms with E-state index < -0.39 is 0 Å². The average molecular weight is 360 g/mol. The minimum atomic E-state index is -0.263. The van der Waals surface area contributed by atoms with Crippen molar-refractivity contribution in [2.24, 2.45) is 5.92 Å². The molecular formula is C21H29FN2O2. The lowest BCUT2D eigenvalue weighted by atomic mass is 9.94. The molecule has 4 nitrogen and oxygen atoms in total. The number of nitrogens with zero attached hydrogens (tertiary/aromatic N) is 2. The van der Waals surface area contributed by atoms with Crippen LogP contribution >= 0.6 is 0 Å². The second-order valence-corrected chi connectivity index (χ2v) is 8.19. The van der Waals surface area contributed by atoms with Crippen LogP contribution in [0.15, 0.2) is 18.2 Å². The van der Waals surface area contributed by atoms with Crippen molar-refractivity contribution in [2.75, 3.05) is 32.8 Å². The van der Waals surface area contributed by atoms with Gasteiger partial charge in [-0.15, -0.1) is 0 Å². The molecule has 5 rings (SSSR count). The van der Waals surface area contributed by atoms with Crippen LogP contribution in [-0.2, 0) is 16.0 Å². The third kappa shape index (κ3) is 3.79. The molecular weight excluding hydrogens is 331 g/mol. The van der Waals surface area contributed by atoms with Gasteiger partial charge in [-0.3, -0.25) is 9.69 Å². The number of ether oxygens (including phenoxy) is 1. The van der Waals surface area contributed by atoms with E-state index in [1.165, 1.54) is 18.6 Å². The standard InChI is InChI=1S/C21H29FN2O2/c1-15-2-4-18(22)10-17(15)11-21(25)24-13-16-3-5-20(24)14-23(12-16)19-6-8-26-9-7-19/h2,4,10,16,19-20H,3,5-9,11-14H2,1H3/t16-,20+/m1/s1. The second-order valence-electron chi connectivity index (χ2n) is 8.19. The van der Waals surface area contributed by atoms with E-state index in [1.807, 2.05) is 6.92 Å². The Hall–Kier alpha value is -1.46. The van der Waals surface area contributed by atoms with Gasteiger partial charge in [0.15, 0.2) is 0 Å². The fourth-order valence-electron chi connectivity index (χ4n) is 4.87. The van der Waals surface area contributed by atoms with Gasteiger partial charge in [0.05, 0.1) is 6.42 Å². The summed E-state index contributed by atoms with van der Waals surface area (Å²) in [5.41, 5.74) is 1.81. The molecule has 2 bridgehead atoms. The van der Waals surface area contributed by atoms with E-state index in [1.54, 1.807) is 6.07 Å². The summed E-state index contributed by atoms with van der Waals surface area (Å²) in [6, 6.07) is 5.64. The zero-order chi connectivity index (χ0) is 18.1. The third-order valence-corrected chi connectivity index (χ3v) is 6.42. The SMILES string of the molecule is Cc1ccc(F)cc1CC(=O)N1C[C@@H]2CC[C@H]1CN(C1CCOCC1)C2. The van der Waals surface area contributed by atoms with Gasteiger partial charge in [0.2, 0.25) is 5.91 Å². The van der Waals surface area contributed by atoms with Crippen LogP contribution in [0.4, 0.5) is 4.39 Å². The Morgan fingerprint density at radius 3 is 2.73 bits per heavy atom. The van der Waals surface area contributed by atoms with Crippen LogP contribution in [0.2, 0.25) is 0 Å². The number of halogens is 1. The van der Waals surface area contributed by atoms with Gasteiger partial charge in [-0.25, -0.2) is 4.39 Å². The van der Waals surface area contributed by atoms with Gasteiger partial charge in [0.25, 0.3) is 0 Å². The maximum absolute atomic E-state index is 13.6. The lowest BCUT2D eigenvalue weighted by Crippen LogP contribution is -2.49. The maximum atomic E-state index is 13.6. The van der Waals surface area contributed by atoms with Crippen LogP contribution in [0.5, 0.6) is 0 Å². The van der Waals surface area contributed by atoms with E-state index >= 15 is 0 Å². The van der Waals surface area contributed by atoms with Gasteiger partial charge in [-0.1, -0.05) is 6.07 Å². The molecule has 0 N–H and O–H groups in total. The summed E-state index contributed by atoms with van der Waals surface area (Å²) in [5.74, 6) is 0.456. The summed E-state index contributed by atoms with van der Waals surface area (Å²) in [4.78, 5) is 17.7. The van der Waals surface area contributed by atoms with Gasteiger partial charge in [0, 0.05) is 44.9 Å². The van der Waals surface area contributed by atoms with Crippen LogP contribution in [0, 0.1) is 18.7 Å². The molecule has 5 heteroatoms.